The molecule has 0 radical (unpaired) electrons. The molecule has 0 unspecified atom stereocenters. The largest absolute Gasteiger partial charge is 0.573 e. The maximum atomic E-state index is 14.2. The number of cyclic esters (lactones) is 1. The highest BCUT2D eigenvalue weighted by atomic mass is 19.4. The van der Waals surface area contributed by atoms with E-state index in [2.05, 4.69) is 4.74 Å². The summed E-state index contributed by atoms with van der Waals surface area (Å²) in [4.78, 5) is 25.7. The predicted molar refractivity (Wildman–Crippen MR) is 92.4 cm³/mol. The summed E-state index contributed by atoms with van der Waals surface area (Å²) in [6.07, 6.45) is -2.24. The van der Waals surface area contributed by atoms with E-state index in [0.29, 0.717) is 51.8 Å². The molecule has 1 aromatic carbocycles. The molecule has 9 heteroatoms. The fourth-order valence-electron chi connectivity index (χ4n) is 4.77. The van der Waals surface area contributed by atoms with Gasteiger partial charge in [-0.05, 0) is 55.4 Å². The van der Waals surface area contributed by atoms with Crippen LogP contribution in [0, 0.1) is 17.2 Å². The molecule has 2 saturated heterocycles. The molecule has 3 fully saturated rings. The summed E-state index contributed by atoms with van der Waals surface area (Å²) < 4.78 is 60.3. The lowest BCUT2D eigenvalue weighted by atomic mass is 9.61. The molecule has 1 amide bonds. The van der Waals surface area contributed by atoms with Crippen molar-refractivity contribution in [1.29, 1.82) is 0 Å². The van der Waals surface area contributed by atoms with Gasteiger partial charge in [-0.1, -0.05) is 0 Å². The Balaban J connectivity index is 1.33. The van der Waals surface area contributed by atoms with Crippen molar-refractivity contribution in [3.63, 3.8) is 0 Å². The van der Waals surface area contributed by atoms with Crippen molar-refractivity contribution in [2.24, 2.45) is 11.3 Å². The zero-order valence-electron chi connectivity index (χ0n) is 15.6. The maximum absolute atomic E-state index is 14.2. The number of ether oxygens (including phenoxy) is 2. The predicted octanol–water partition coefficient (Wildman–Crippen LogP) is 3.77. The molecule has 5 nitrogen and oxygen atoms in total. The molecule has 1 aliphatic carbocycles. The normalized spacial score (nSPS) is 27.7. The average Bonchev–Trinajstić information content (AvgIpc) is 3.03. The number of rotatable bonds is 3. The van der Waals surface area contributed by atoms with Crippen LogP contribution in [0.25, 0.3) is 0 Å². The minimum Gasteiger partial charge on any atom is -0.465 e. The van der Waals surface area contributed by atoms with E-state index < -0.39 is 17.9 Å². The number of hydrogen-bond donors (Lipinski definition) is 0. The molecule has 0 aromatic heterocycles. The van der Waals surface area contributed by atoms with Gasteiger partial charge in [0.05, 0.1) is 13.0 Å². The van der Waals surface area contributed by atoms with Gasteiger partial charge in [0.1, 0.15) is 11.6 Å². The van der Waals surface area contributed by atoms with E-state index in [0.717, 1.165) is 18.2 Å². The Bertz CT molecular complexity index is 811. The fourth-order valence-corrected chi connectivity index (χ4v) is 4.77. The van der Waals surface area contributed by atoms with Gasteiger partial charge in [0, 0.05) is 24.4 Å². The number of esters is 1. The van der Waals surface area contributed by atoms with Crippen LogP contribution in [0.2, 0.25) is 0 Å². The SMILES string of the molecule is O=C1CC2(CO1)CC(C(=O)N1CCC(c3cc(OC(F)(F)F)ccc3F)CC1)C2. The van der Waals surface area contributed by atoms with Gasteiger partial charge in [-0.15, -0.1) is 13.2 Å². The molecule has 0 atom stereocenters. The third-order valence-electron chi connectivity index (χ3n) is 6.21. The number of carbonyl (C=O) groups excluding carboxylic acids is 2. The first-order valence-corrected chi connectivity index (χ1v) is 9.64. The van der Waals surface area contributed by atoms with Crippen LogP contribution in [0.4, 0.5) is 17.6 Å². The number of benzene rings is 1. The first-order valence-electron chi connectivity index (χ1n) is 9.64. The number of amides is 1. The van der Waals surface area contributed by atoms with Crippen molar-refractivity contribution in [2.45, 2.75) is 44.4 Å². The monoisotopic (exact) mass is 415 g/mol. The van der Waals surface area contributed by atoms with E-state index >= 15 is 0 Å². The van der Waals surface area contributed by atoms with Crippen molar-refractivity contribution in [2.75, 3.05) is 19.7 Å². The summed E-state index contributed by atoms with van der Waals surface area (Å²) in [5.74, 6) is -1.60. The summed E-state index contributed by atoms with van der Waals surface area (Å²) in [5.41, 5.74) is 0.000637. The van der Waals surface area contributed by atoms with Crippen LogP contribution in [0.15, 0.2) is 18.2 Å². The van der Waals surface area contributed by atoms with Crippen molar-refractivity contribution in [3.8, 4) is 5.75 Å². The number of alkyl halides is 3. The van der Waals surface area contributed by atoms with Crippen LogP contribution in [0.1, 0.15) is 43.6 Å². The Morgan fingerprint density at radius 3 is 2.48 bits per heavy atom. The van der Waals surface area contributed by atoms with Crippen molar-refractivity contribution in [3.05, 3.63) is 29.6 Å². The van der Waals surface area contributed by atoms with E-state index in [4.69, 9.17) is 4.74 Å². The Morgan fingerprint density at radius 2 is 1.90 bits per heavy atom. The Morgan fingerprint density at radius 1 is 1.21 bits per heavy atom. The Labute approximate surface area is 164 Å². The lowest BCUT2D eigenvalue weighted by Gasteiger charge is -2.45. The highest BCUT2D eigenvalue weighted by Crippen LogP contribution is 2.52. The second kappa shape index (κ2) is 7.18. The topological polar surface area (TPSA) is 55.8 Å². The Kier molecular flexibility index (Phi) is 4.94. The van der Waals surface area contributed by atoms with Crippen molar-refractivity contribution >= 4 is 11.9 Å². The molecule has 158 valence electrons. The minimum absolute atomic E-state index is 0.0306. The summed E-state index contributed by atoms with van der Waals surface area (Å²) >= 11 is 0. The molecule has 0 N–H and O–H groups in total. The quantitative estimate of drug-likeness (QED) is 0.557. The zero-order valence-corrected chi connectivity index (χ0v) is 15.6. The van der Waals surface area contributed by atoms with Gasteiger partial charge in [0.2, 0.25) is 5.91 Å². The van der Waals surface area contributed by atoms with Crippen LogP contribution in [-0.2, 0) is 14.3 Å². The summed E-state index contributed by atoms with van der Waals surface area (Å²) in [7, 11) is 0. The van der Waals surface area contributed by atoms with Gasteiger partial charge < -0.3 is 14.4 Å². The van der Waals surface area contributed by atoms with Gasteiger partial charge in [-0.2, -0.15) is 0 Å². The van der Waals surface area contributed by atoms with Crippen LogP contribution in [0.3, 0.4) is 0 Å². The third-order valence-corrected chi connectivity index (χ3v) is 6.21. The lowest BCUT2D eigenvalue weighted by Crippen LogP contribution is -2.49. The molecule has 1 spiro atoms. The fraction of sp³-hybridized carbons (Fsp3) is 0.600. The van der Waals surface area contributed by atoms with E-state index in [1.54, 1.807) is 4.90 Å². The molecule has 0 bridgehead atoms. The molecule has 29 heavy (non-hydrogen) atoms. The number of piperidine rings is 1. The van der Waals surface area contributed by atoms with Gasteiger partial charge >= 0.3 is 12.3 Å². The lowest BCUT2D eigenvalue weighted by molar-refractivity contribution is -0.274. The molecule has 4 rings (SSSR count). The third kappa shape index (κ3) is 4.18. The van der Waals surface area contributed by atoms with Gasteiger partial charge in [-0.25, -0.2) is 4.39 Å². The number of nitrogens with zero attached hydrogens (tertiary/aromatic N) is 1. The van der Waals surface area contributed by atoms with E-state index in [1.807, 2.05) is 0 Å². The van der Waals surface area contributed by atoms with Crippen LogP contribution < -0.4 is 4.74 Å². The van der Waals surface area contributed by atoms with Crippen molar-refractivity contribution in [1.82, 2.24) is 4.90 Å². The van der Waals surface area contributed by atoms with Crippen LogP contribution >= 0.6 is 0 Å². The summed E-state index contributed by atoms with van der Waals surface area (Å²) in [5, 5.41) is 0. The number of carbonyl (C=O) groups is 2. The molecule has 3 aliphatic rings. The molecule has 2 aliphatic heterocycles. The number of hydrogen-bond acceptors (Lipinski definition) is 4. The van der Waals surface area contributed by atoms with E-state index in [1.165, 1.54) is 0 Å². The molecule has 1 saturated carbocycles. The minimum atomic E-state index is -4.83. The Hall–Kier alpha value is -2.32. The summed E-state index contributed by atoms with van der Waals surface area (Å²) in [6.45, 7) is 1.23. The van der Waals surface area contributed by atoms with Gasteiger partial charge in [0.25, 0.3) is 0 Å². The second-order valence-corrected chi connectivity index (χ2v) is 8.27. The summed E-state index contributed by atoms with van der Waals surface area (Å²) in [6, 6.07) is 3.03. The van der Waals surface area contributed by atoms with E-state index in [-0.39, 0.29) is 34.7 Å². The van der Waals surface area contributed by atoms with Crippen LogP contribution in [0.5, 0.6) is 5.75 Å². The van der Waals surface area contributed by atoms with Crippen molar-refractivity contribution < 1.29 is 36.6 Å². The molecular formula is C20H21F4NO4. The first kappa shape index (κ1) is 20.0. The first-order chi connectivity index (χ1) is 13.6. The number of halogens is 4. The molecule has 1 aromatic rings. The molecular weight excluding hydrogens is 394 g/mol. The standard InChI is InChI=1S/C20H21F4NO4/c21-16-2-1-14(29-20(22,23)24)7-15(16)12-3-5-25(6-4-12)18(27)13-8-19(9-13)10-17(26)28-11-19/h1-2,7,12-13H,3-6,8-11H2. The second-order valence-electron chi connectivity index (χ2n) is 8.27. The smallest absolute Gasteiger partial charge is 0.465 e. The van der Waals surface area contributed by atoms with Gasteiger partial charge in [-0.3, -0.25) is 9.59 Å². The van der Waals surface area contributed by atoms with Crippen LogP contribution in [-0.4, -0.2) is 42.8 Å². The average molecular weight is 415 g/mol. The molecule has 2 heterocycles. The highest BCUT2D eigenvalue weighted by Gasteiger charge is 2.53. The zero-order chi connectivity index (χ0) is 20.8. The van der Waals surface area contributed by atoms with Gasteiger partial charge in [0.15, 0.2) is 0 Å². The maximum Gasteiger partial charge on any atom is 0.573 e. The highest BCUT2D eigenvalue weighted by molar-refractivity contribution is 5.81. The number of likely N-dealkylation sites (tertiary alicyclic amines) is 1. The van der Waals surface area contributed by atoms with E-state index in [9.17, 15) is 27.2 Å².